The zero-order valence-corrected chi connectivity index (χ0v) is 27.5. The summed E-state index contributed by atoms with van der Waals surface area (Å²) in [6.45, 7) is 2.03. The molecule has 1 saturated heterocycles. The van der Waals surface area contributed by atoms with Crippen LogP contribution in [0.3, 0.4) is 0 Å². The lowest BCUT2D eigenvalue weighted by atomic mass is 9.96. The van der Waals surface area contributed by atoms with E-state index in [1.165, 1.54) is 21.8 Å². The van der Waals surface area contributed by atoms with E-state index in [9.17, 15) is 14.9 Å². The lowest BCUT2D eigenvalue weighted by Crippen LogP contribution is -2.50. The van der Waals surface area contributed by atoms with E-state index < -0.39 is 11.5 Å². The summed E-state index contributed by atoms with van der Waals surface area (Å²) >= 11 is 20.2. The van der Waals surface area contributed by atoms with Crippen molar-refractivity contribution in [3.8, 4) is 11.8 Å². The molecule has 0 saturated carbocycles. The lowest BCUT2D eigenvalue weighted by Gasteiger charge is -2.39. The first-order chi connectivity index (χ1) is 22.4. The van der Waals surface area contributed by atoms with Gasteiger partial charge in [-0.05, 0) is 47.0 Å². The number of nitrogens with zero attached hydrogens (tertiary/aromatic N) is 4. The Bertz CT molecular complexity index is 2080. The Morgan fingerprint density at radius 1 is 0.804 bits per heavy atom. The molecule has 230 valence electrons. The fourth-order valence-electron chi connectivity index (χ4n) is 5.68. The average molecular weight is 686 g/mol. The number of thiazole rings is 1. The van der Waals surface area contributed by atoms with Crippen molar-refractivity contribution < 1.29 is 4.79 Å². The SMILES string of the molecule is N#C/C(C(=O)N1CCN(C(c2ccccc2)c2ccccc2)CC1)=c1/s/c(=C\c2ccccc2Cl)c(=O)n1-c1ccc(Cl)cc1Cl. The Hall–Kier alpha value is -4.16. The van der Waals surface area contributed by atoms with Crippen LogP contribution in [0.2, 0.25) is 15.1 Å². The van der Waals surface area contributed by atoms with Crippen molar-refractivity contribution >= 4 is 63.7 Å². The van der Waals surface area contributed by atoms with E-state index in [1.807, 2.05) is 42.5 Å². The molecular weight excluding hydrogens is 659 g/mol. The molecule has 10 heteroatoms. The van der Waals surface area contributed by atoms with Crippen LogP contribution in [-0.4, -0.2) is 46.5 Å². The Balaban J connectivity index is 1.39. The highest BCUT2D eigenvalue weighted by molar-refractivity contribution is 7.07. The summed E-state index contributed by atoms with van der Waals surface area (Å²) in [7, 11) is 0. The molecular formula is C36H27Cl3N4O2S. The molecule has 0 bridgehead atoms. The van der Waals surface area contributed by atoms with Crippen LogP contribution >= 0.6 is 46.1 Å². The van der Waals surface area contributed by atoms with Gasteiger partial charge >= 0.3 is 0 Å². The molecule has 2 heterocycles. The van der Waals surface area contributed by atoms with E-state index >= 15 is 0 Å². The third-order valence-corrected chi connectivity index (χ3v) is 9.88. The number of piperazine rings is 1. The molecule has 1 aliphatic rings. The number of carbonyl (C=O) groups excluding carboxylic acids is 1. The largest absolute Gasteiger partial charge is 0.335 e. The van der Waals surface area contributed by atoms with Crippen molar-refractivity contribution in [2.24, 2.45) is 0 Å². The van der Waals surface area contributed by atoms with Crippen molar-refractivity contribution in [1.29, 1.82) is 5.26 Å². The molecule has 0 aliphatic carbocycles. The van der Waals surface area contributed by atoms with Gasteiger partial charge in [-0.25, -0.2) is 0 Å². The fraction of sp³-hybridized carbons (Fsp3) is 0.139. The van der Waals surface area contributed by atoms with E-state index in [1.54, 1.807) is 41.3 Å². The van der Waals surface area contributed by atoms with Gasteiger partial charge in [-0.1, -0.05) is 114 Å². The zero-order valence-electron chi connectivity index (χ0n) is 24.4. The van der Waals surface area contributed by atoms with Gasteiger partial charge in [0, 0.05) is 36.2 Å². The number of hydrogen-bond donors (Lipinski definition) is 0. The maximum Gasteiger partial charge on any atom is 0.273 e. The maximum atomic E-state index is 14.1. The molecule has 1 amide bonds. The standard InChI is InChI=1S/C36H27Cl3N4O2S/c37-27-15-16-31(30(39)22-27)43-35(45)32(21-26-13-7-8-14-29(26)38)46-36(43)28(23-40)34(44)42-19-17-41(18-20-42)33(24-9-3-1-4-10-24)25-11-5-2-6-12-25/h1-16,21-22,33H,17-20H2/b32-21-,36-28-. The molecule has 0 radical (unpaired) electrons. The number of carbonyl (C=O) groups is 1. The molecule has 5 aromatic rings. The van der Waals surface area contributed by atoms with Gasteiger partial charge in [-0.2, -0.15) is 5.26 Å². The number of benzene rings is 4. The van der Waals surface area contributed by atoms with Crippen molar-refractivity contribution in [3.05, 3.63) is 154 Å². The first-order valence-electron chi connectivity index (χ1n) is 14.6. The van der Waals surface area contributed by atoms with Crippen LogP contribution in [0.4, 0.5) is 0 Å². The van der Waals surface area contributed by atoms with E-state index in [2.05, 4.69) is 35.2 Å². The van der Waals surface area contributed by atoms with Crippen molar-refractivity contribution in [2.75, 3.05) is 26.2 Å². The van der Waals surface area contributed by atoms with Gasteiger partial charge in [0.25, 0.3) is 11.5 Å². The third kappa shape index (κ3) is 6.54. The second-order valence-corrected chi connectivity index (χ2v) is 13.0. The van der Waals surface area contributed by atoms with Crippen LogP contribution in [0.1, 0.15) is 22.7 Å². The van der Waals surface area contributed by atoms with Gasteiger partial charge in [0.1, 0.15) is 10.7 Å². The summed E-state index contributed by atoms with van der Waals surface area (Å²) in [5.74, 6) is -0.442. The highest BCUT2D eigenvalue weighted by Gasteiger charge is 2.30. The molecule has 1 fully saturated rings. The molecule has 0 spiro atoms. The molecule has 0 N–H and O–H groups in total. The van der Waals surface area contributed by atoms with Crippen LogP contribution in [0.5, 0.6) is 0 Å². The van der Waals surface area contributed by atoms with E-state index in [0.717, 1.165) is 11.3 Å². The molecule has 4 aromatic carbocycles. The summed E-state index contributed by atoms with van der Waals surface area (Å²) in [6, 6.07) is 34.6. The van der Waals surface area contributed by atoms with E-state index in [4.69, 9.17) is 34.8 Å². The first-order valence-corrected chi connectivity index (χ1v) is 16.5. The van der Waals surface area contributed by atoms with Crippen LogP contribution in [0.15, 0.2) is 108 Å². The van der Waals surface area contributed by atoms with Gasteiger partial charge in [0.05, 0.1) is 21.3 Å². The van der Waals surface area contributed by atoms with E-state index in [-0.39, 0.29) is 21.3 Å². The van der Waals surface area contributed by atoms with Crippen molar-refractivity contribution in [3.63, 3.8) is 0 Å². The number of hydrogen-bond acceptors (Lipinski definition) is 5. The van der Waals surface area contributed by atoms with Gasteiger partial charge in [0.15, 0.2) is 5.57 Å². The smallest absolute Gasteiger partial charge is 0.273 e. The molecule has 6 rings (SSSR count). The Morgan fingerprint density at radius 3 is 2.00 bits per heavy atom. The van der Waals surface area contributed by atoms with E-state index in [0.29, 0.717) is 52.0 Å². The fourth-order valence-corrected chi connectivity index (χ4v) is 7.44. The summed E-state index contributed by atoms with van der Waals surface area (Å²) in [5.41, 5.74) is 2.73. The molecule has 6 nitrogen and oxygen atoms in total. The topological polar surface area (TPSA) is 69.3 Å². The molecule has 46 heavy (non-hydrogen) atoms. The third-order valence-electron chi connectivity index (χ3n) is 7.90. The van der Waals surface area contributed by atoms with Crippen LogP contribution in [0, 0.1) is 11.3 Å². The normalized spacial score (nSPS) is 14.8. The second kappa shape index (κ2) is 14.1. The van der Waals surface area contributed by atoms with Crippen molar-refractivity contribution in [2.45, 2.75) is 6.04 Å². The summed E-state index contributed by atoms with van der Waals surface area (Å²) in [5, 5.41) is 11.5. The molecule has 1 aromatic heterocycles. The number of rotatable bonds is 6. The van der Waals surface area contributed by atoms with Gasteiger partial charge < -0.3 is 4.90 Å². The van der Waals surface area contributed by atoms with Crippen LogP contribution in [0.25, 0.3) is 17.3 Å². The first kappa shape index (κ1) is 31.8. The minimum atomic E-state index is -0.442. The summed E-state index contributed by atoms with van der Waals surface area (Å²) < 4.78 is 1.81. The van der Waals surface area contributed by atoms with Gasteiger partial charge in [0.2, 0.25) is 0 Å². The predicted molar refractivity (Wildman–Crippen MR) is 186 cm³/mol. The Kier molecular flexibility index (Phi) is 9.74. The van der Waals surface area contributed by atoms with Crippen LogP contribution in [-0.2, 0) is 4.79 Å². The predicted octanol–water partition coefficient (Wildman–Crippen LogP) is 6.30. The summed E-state index contributed by atoms with van der Waals surface area (Å²) in [4.78, 5) is 32.0. The lowest BCUT2D eigenvalue weighted by molar-refractivity contribution is -0.126. The van der Waals surface area contributed by atoms with Gasteiger partial charge in [-0.15, -0.1) is 11.3 Å². The van der Waals surface area contributed by atoms with Gasteiger partial charge in [-0.3, -0.25) is 19.1 Å². The number of aromatic nitrogens is 1. The maximum absolute atomic E-state index is 14.1. The Morgan fingerprint density at radius 2 is 1.41 bits per heavy atom. The van der Waals surface area contributed by atoms with Crippen molar-refractivity contribution in [1.82, 2.24) is 14.4 Å². The molecule has 0 unspecified atom stereocenters. The highest BCUT2D eigenvalue weighted by Crippen LogP contribution is 2.30. The minimum Gasteiger partial charge on any atom is -0.335 e. The minimum absolute atomic E-state index is 0.0245. The number of halogens is 3. The summed E-state index contributed by atoms with van der Waals surface area (Å²) in [6.07, 6.45) is 1.66. The Labute approximate surface area is 285 Å². The number of amides is 1. The monoisotopic (exact) mass is 684 g/mol. The quantitative estimate of drug-likeness (QED) is 0.211. The molecule has 0 atom stereocenters. The highest BCUT2D eigenvalue weighted by atomic mass is 35.5. The average Bonchev–Trinajstić information content (AvgIpc) is 3.38. The molecule has 1 aliphatic heterocycles. The second-order valence-electron chi connectivity index (χ2n) is 10.7. The van der Waals surface area contributed by atoms with Crippen LogP contribution < -0.4 is 14.8 Å². The zero-order chi connectivity index (χ0) is 32.2. The number of nitriles is 1.